The van der Waals surface area contributed by atoms with Crippen molar-refractivity contribution in [3.05, 3.63) is 53.3 Å². The third-order valence-corrected chi connectivity index (χ3v) is 5.71. The van der Waals surface area contributed by atoms with Gasteiger partial charge in [-0.3, -0.25) is 14.5 Å². The van der Waals surface area contributed by atoms with Gasteiger partial charge in [0.2, 0.25) is 0 Å². The van der Waals surface area contributed by atoms with Gasteiger partial charge >= 0.3 is 11.8 Å². The molecule has 1 unspecified atom stereocenters. The Balaban J connectivity index is 1.66. The molecule has 1 aliphatic rings. The molecule has 1 saturated heterocycles. The number of benzene rings is 1. The second-order valence-corrected chi connectivity index (χ2v) is 7.99. The van der Waals surface area contributed by atoms with Gasteiger partial charge in [-0.05, 0) is 69.1 Å². The third-order valence-electron chi connectivity index (χ3n) is 5.71. The Morgan fingerprint density at radius 1 is 1.03 bits per heavy atom. The van der Waals surface area contributed by atoms with Crippen molar-refractivity contribution in [3.63, 3.8) is 0 Å². The van der Waals surface area contributed by atoms with Gasteiger partial charge in [0.25, 0.3) is 0 Å². The SMILES string of the molecule is Cc1ccc(C)c(NC(=O)C(=O)NCC(c2cccn2C)N2CCCCCC2)c1. The highest BCUT2D eigenvalue weighted by Crippen LogP contribution is 2.24. The minimum absolute atomic E-state index is 0.0607. The quantitative estimate of drug-likeness (QED) is 0.762. The lowest BCUT2D eigenvalue weighted by molar-refractivity contribution is -0.136. The van der Waals surface area contributed by atoms with Gasteiger partial charge in [-0.1, -0.05) is 25.0 Å². The van der Waals surface area contributed by atoms with Crippen molar-refractivity contribution >= 4 is 17.5 Å². The summed E-state index contributed by atoms with van der Waals surface area (Å²) < 4.78 is 2.10. The highest BCUT2D eigenvalue weighted by atomic mass is 16.2. The second kappa shape index (κ2) is 9.74. The maximum atomic E-state index is 12.5. The molecule has 1 aromatic heterocycles. The second-order valence-electron chi connectivity index (χ2n) is 7.99. The lowest BCUT2D eigenvalue weighted by Gasteiger charge is -2.31. The first-order valence-corrected chi connectivity index (χ1v) is 10.5. The molecule has 3 rings (SSSR count). The molecular weight excluding hydrogens is 364 g/mol. The summed E-state index contributed by atoms with van der Waals surface area (Å²) in [7, 11) is 2.02. The van der Waals surface area contributed by atoms with E-state index < -0.39 is 11.8 Å². The summed E-state index contributed by atoms with van der Waals surface area (Å²) in [6.07, 6.45) is 6.86. The van der Waals surface area contributed by atoms with Crippen LogP contribution in [0.15, 0.2) is 36.5 Å². The molecule has 0 aliphatic carbocycles. The van der Waals surface area contributed by atoms with E-state index >= 15 is 0 Å². The number of anilines is 1. The van der Waals surface area contributed by atoms with E-state index in [4.69, 9.17) is 0 Å². The molecule has 2 N–H and O–H groups in total. The van der Waals surface area contributed by atoms with Gasteiger partial charge in [0.15, 0.2) is 0 Å². The fourth-order valence-corrected chi connectivity index (χ4v) is 3.97. The average molecular weight is 397 g/mol. The zero-order chi connectivity index (χ0) is 20.8. The monoisotopic (exact) mass is 396 g/mol. The molecule has 2 amide bonds. The highest BCUT2D eigenvalue weighted by molar-refractivity contribution is 6.39. The smallest absolute Gasteiger partial charge is 0.313 e. The van der Waals surface area contributed by atoms with E-state index in [9.17, 15) is 9.59 Å². The van der Waals surface area contributed by atoms with Crippen LogP contribution in [0.2, 0.25) is 0 Å². The first-order chi connectivity index (χ1) is 14.0. The molecule has 0 bridgehead atoms. The minimum Gasteiger partial charge on any atom is -0.353 e. The van der Waals surface area contributed by atoms with Crippen LogP contribution in [0.4, 0.5) is 5.69 Å². The normalized spacial score (nSPS) is 16.1. The Morgan fingerprint density at radius 2 is 1.76 bits per heavy atom. The maximum Gasteiger partial charge on any atom is 0.313 e. The summed E-state index contributed by atoms with van der Waals surface area (Å²) in [4.78, 5) is 27.4. The number of carbonyl (C=O) groups is 2. The van der Waals surface area contributed by atoms with E-state index in [-0.39, 0.29) is 6.04 Å². The number of hydrogen-bond acceptors (Lipinski definition) is 3. The summed E-state index contributed by atoms with van der Waals surface area (Å²) >= 11 is 0. The molecule has 1 aliphatic heterocycles. The molecule has 6 heteroatoms. The van der Waals surface area contributed by atoms with Crippen LogP contribution < -0.4 is 10.6 Å². The standard InChI is InChI=1S/C23H32N4O2/c1-17-10-11-18(2)19(15-17)25-23(29)22(28)24-16-21(20-9-8-12-26(20)3)27-13-6-4-5-7-14-27/h8-12,15,21H,4-7,13-14,16H2,1-3H3,(H,24,28)(H,25,29). The molecule has 2 heterocycles. The number of aryl methyl sites for hydroxylation is 3. The molecule has 0 saturated carbocycles. The van der Waals surface area contributed by atoms with Gasteiger partial charge < -0.3 is 15.2 Å². The van der Waals surface area contributed by atoms with Crippen molar-refractivity contribution in [3.8, 4) is 0 Å². The van der Waals surface area contributed by atoms with Gasteiger partial charge in [0.1, 0.15) is 0 Å². The maximum absolute atomic E-state index is 12.5. The molecule has 6 nitrogen and oxygen atoms in total. The van der Waals surface area contributed by atoms with Crippen molar-refractivity contribution in [2.75, 3.05) is 25.0 Å². The Hall–Kier alpha value is -2.60. The van der Waals surface area contributed by atoms with E-state index in [1.165, 1.54) is 25.7 Å². The molecule has 0 spiro atoms. The van der Waals surface area contributed by atoms with Crippen LogP contribution >= 0.6 is 0 Å². The predicted octanol–water partition coefficient (Wildman–Crippen LogP) is 3.31. The summed E-state index contributed by atoms with van der Waals surface area (Å²) in [6, 6.07) is 9.98. The molecule has 1 aromatic carbocycles. The summed E-state index contributed by atoms with van der Waals surface area (Å²) in [5.74, 6) is -1.22. The van der Waals surface area contributed by atoms with Crippen LogP contribution in [0.25, 0.3) is 0 Å². The molecule has 29 heavy (non-hydrogen) atoms. The van der Waals surface area contributed by atoms with Gasteiger partial charge in [-0.15, -0.1) is 0 Å². The zero-order valence-corrected chi connectivity index (χ0v) is 17.7. The van der Waals surface area contributed by atoms with Crippen LogP contribution in [0, 0.1) is 13.8 Å². The van der Waals surface area contributed by atoms with E-state index in [2.05, 4.69) is 26.2 Å². The van der Waals surface area contributed by atoms with Crippen LogP contribution in [0.1, 0.15) is 48.5 Å². The number of aromatic nitrogens is 1. The van der Waals surface area contributed by atoms with E-state index in [0.29, 0.717) is 12.2 Å². The van der Waals surface area contributed by atoms with E-state index in [1.807, 2.05) is 51.4 Å². The Morgan fingerprint density at radius 3 is 2.41 bits per heavy atom. The number of likely N-dealkylation sites (tertiary alicyclic amines) is 1. The Labute approximate surface area is 173 Å². The van der Waals surface area contributed by atoms with Crippen LogP contribution in [0.3, 0.4) is 0 Å². The largest absolute Gasteiger partial charge is 0.353 e. The number of carbonyl (C=O) groups excluding carboxylic acids is 2. The molecule has 156 valence electrons. The fourth-order valence-electron chi connectivity index (χ4n) is 3.97. The van der Waals surface area contributed by atoms with Crippen molar-refractivity contribution < 1.29 is 9.59 Å². The highest BCUT2D eigenvalue weighted by Gasteiger charge is 2.25. The van der Waals surface area contributed by atoms with E-state index in [1.54, 1.807) is 0 Å². The molecule has 0 radical (unpaired) electrons. The Kier molecular flexibility index (Phi) is 7.09. The molecule has 1 atom stereocenters. The topological polar surface area (TPSA) is 66.4 Å². The molecular formula is C23H32N4O2. The Bertz CT molecular complexity index is 850. The fraction of sp³-hybridized carbons (Fsp3) is 0.478. The first kappa shape index (κ1) is 21.1. The van der Waals surface area contributed by atoms with Crippen LogP contribution in [-0.2, 0) is 16.6 Å². The van der Waals surface area contributed by atoms with Crippen LogP contribution in [-0.4, -0.2) is 40.9 Å². The predicted molar refractivity (Wildman–Crippen MR) is 116 cm³/mol. The third kappa shape index (κ3) is 5.48. The summed E-state index contributed by atoms with van der Waals surface area (Å²) in [6.45, 7) is 6.32. The van der Waals surface area contributed by atoms with Gasteiger partial charge in [0.05, 0.1) is 6.04 Å². The number of hydrogen-bond donors (Lipinski definition) is 2. The van der Waals surface area contributed by atoms with Crippen molar-refractivity contribution in [1.82, 2.24) is 14.8 Å². The number of nitrogens with zero attached hydrogens (tertiary/aromatic N) is 2. The number of amides is 2. The van der Waals surface area contributed by atoms with E-state index in [0.717, 1.165) is 29.9 Å². The lowest BCUT2D eigenvalue weighted by Crippen LogP contribution is -2.43. The van der Waals surface area contributed by atoms with Gasteiger partial charge in [0, 0.05) is 31.2 Å². The number of rotatable bonds is 5. The first-order valence-electron chi connectivity index (χ1n) is 10.5. The van der Waals surface area contributed by atoms with Crippen molar-refractivity contribution in [1.29, 1.82) is 0 Å². The molecule has 1 fully saturated rings. The number of nitrogens with one attached hydrogen (secondary N) is 2. The zero-order valence-electron chi connectivity index (χ0n) is 17.7. The minimum atomic E-state index is -0.625. The lowest BCUT2D eigenvalue weighted by atomic mass is 10.1. The average Bonchev–Trinajstić information content (AvgIpc) is 2.94. The van der Waals surface area contributed by atoms with Crippen molar-refractivity contribution in [2.45, 2.75) is 45.6 Å². The van der Waals surface area contributed by atoms with Gasteiger partial charge in [-0.2, -0.15) is 0 Å². The van der Waals surface area contributed by atoms with Crippen molar-refractivity contribution in [2.24, 2.45) is 7.05 Å². The summed E-state index contributed by atoms with van der Waals surface area (Å²) in [5.41, 5.74) is 3.80. The van der Waals surface area contributed by atoms with Crippen LogP contribution in [0.5, 0.6) is 0 Å². The molecule has 2 aromatic rings. The summed E-state index contributed by atoms with van der Waals surface area (Å²) in [5, 5.41) is 5.60. The van der Waals surface area contributed by atoms with Gasteiger partial charge in [-0.25, -0.2) is 0 Å².